The number of ketones is 1. The van der Waals surface area contributed by atoms with E-state index in [1.165, 1.54) is 24.3 Å². The molecular formula is C21H18FN3O4. The van der Waals surface area contributed by atoms with E-state index in [1.54, 1.807) is 31.2 Å². The highest BCUT2D eigenvalue weighted by atomic mass is 19.1. The van der Waals surface area contributed by atoms with Crippen LogP contribution in [0.3, 0.4) is 0 Å². The number of Topliss-reactive ketones (excluding diaryl/α,β-unsaturated/α-hetero) is 1. The minimum Gasteiger partial charge on any atom is -0.435 e. The Bertz CT molecular complexity index is 1050. The maximum absolute atomic E-state index is 13.1. The monoisotopic (exact) mass is 395 g/mol. The molecule has 0 aliphatic heterocycles. The molecule has 0 radical (unpaired) electrons. The van der Waals surface area contributed by atoms with E-state index in [9.17, 15) is 18.8 Å². The molecule has 0 aliphatic carbocycles. The highest BCUT2D eigenvalue weighted by Gasteiger charge is 2.29. The van der Waals surface area contributed by atoms with Gasteiger partial charge in [0.15, 0.2) is 5.89 Å². The number of nitrogens with zero attached hydrogens (tertiary/aromatic N) is 1. The number of nitrogens with one attached hydrogen (secondary N) is 1. The number of primary amides is 1. The van der Waals surface area contributed by atoms with E-state index in [-0.39, 0.29) is 18.1 Å². The van der Waals surface area contributed by atoms with Gasteiger partial charge in [-0.2, -0.15) is 0 Å². The lowest BCUT2D eigenvalue weighted by molar-refractivity contribution is -0.137. The fourth-order valence-corrected chi connectivity index (χ4v) is 2.83. The standard InChI is InChI=1S/C21H18FN3O4/c1-12-24-17(14-5-3-2-4-6-14)19(29-12)21(28)25-16(18(26)20(23)27)11-13-7-9-15(22)10-8-13/h2-10,16H,11H2,1H3,(H2,23,27)(H,25,28). The molecule has 1 heterocycles. The number of rotatable bonds is 7. The van der Waals surface area contributed by atoms with E-state index in [2.05, 4.69) is 10.3 Å². The summed E-state index contributed by atoms with van der Waals surface area (Å²) in [7, 11) is 0. The fraction of sp³-hybridized carbons (Fsp3) is 0.143. The second-order valence-corrected chi connectivity index (χ2v) is 6.36. The molecule has 29 heavy (non-hydrogen) atoms. The molecule has 0 fully saturated rings. The van der Waals surface area contributed by atoms with Crippen LogP contribution in [0.4, 0.5) is 4.39 Å². The summed E-state index contributed by atoms with van der Waals surface area (Å²) in [6.07, 6.45) is -0.0401. The number of halogens is 1. The van der Waals surface area contributed by atoms with Gasteiger partial charge in [0.1, 0.15) is 17.6 Å². The molecule has 7 nitrogen and oxygen atoms in total. The Hall–Kier alpha value is -3.81. The van der Waals surface area contributed by atoms with E-state index in [4.69, 9.17) is 10.2 Å². The Morgan fingerprint density at radius 3 is 2.38 bits per heavy atom. The maximum Gasteiger partial charge on any atom is 0.290 e. The Kier molecular flexibility index (Phi) is 5.82. The Labute approximate surface area is 165 Å². The predicted octanol–water partition coefficient (Wildman–Crippen LogP) is 2.18. The first kappa shape index (κ1) is 19.9. The first-order valence-electron chi connectivity index (χ1n) is 8.77. The third-order valence-corrected chi connectivity index (χ3v) is 4.21. The second kappa shape index (κ2) is 8.47. The van der Waals surface area contributed by atoms with Crippen molar-refractivity contribution in [2.45, 2.75) is 19.4 Å². The smallest absolute Gasteiger partial charge is 0.290 e. The molecule has 0 spiro atoms. The van der Waals surface area contributed by atoms with Crippen molar-refractivity contribution >= 4 is 17.6 Å². The second-order valence-electron chi connectivity index (χ2n) is 6.36. The summed E-state index contributed by atoms with van der Waals surface area (Å²) in [5.74, 6) is -3.14. The normalized spacial score (nSPS) is 11.7. The van der Waals surface area contributed by atoms with Crippen LogP contribution in [0.25, 0.3) is 11.3 Å². The predicted molar refractivity (Wildman–Crippen MR) is 102 cm³/mol. The summed E-state index contributed by atoms with van der Waals surface area (Å²) in [5, 5.41) is 2.48. The number of carbonyl (C=O) groups is 3. The van der Waals surface area contributed by atoms with Crippen LogP contribution in [0.2, 0.25) is 0 Å². The Balaban J connectivity index is 1.88. The van der Waals surface area contributed by atoms with Gasteiger partial charge in [-0.3, -0.25) is 14.4 Å². The maximum atomic E-state index is 13.1. The zero-order valence-electron chi connectivity index (χ0n) is 15.5. The largest absolute Gasteiger partial charge is 0.435 e. The number of hydrogen-bond donors (Lipinski definition) is 2. The van der Waals surface area contributed by atoms with Gasteiger partial charge in [-0.15, -0.1) is 0 Å². The number of benzene rings is 2. The first-order chi connectivity index (χ1) is 13.8. The number of aromatic nitrogens is 1. The van der Waals surface area contributed by atoms with E-state index in [1.807, 2.05) is 6.07 Å². The summed E-state index contributed by atoms with van der Waals surface area (Å²) in [6.45, 7) is 1.59. The lowest BCUT2D eigenvalue weighted by Gasteiger charge is -2.16. The molecule has 148 valence electrons. The molecule has 8 heteroatoms. The minimum atomic E-state index is -1.24. The molecule has 2 amide bonds. The van der Waals surface area contributed by atoms with Crippen molar-refractivity contribution in [2.24, 2.45) is 5.73 Å². The van der Waals surface area contributed by atoms with E-state index in [0.717, 1.165) is 0 Å². The molecule has 2 aromatic carbocycles. The van der Waals surface area contributed by atoms with Gasteiger partial charge in [-0.1, -0.05) is 42.5 Å². The van der Waals surface area contributed by atoms with Gasteiger partial charge in [0.2, 0.25) is 11.5 Å². The van der Waals surface area contributed by atoms with Crippen molar-refractivity contribution in [1.29, 1.82) is 0 Å². The molecule has 1 atom stereocenters. The number of carbonyl (C=O) groups excluding carboxylic acids is 3. The van der Waals surface area contributed by atoms with Gasteiger partial charge in [0.05, 0.1) is 0 Å². The summed E-state index contributed by atoms with van der Waals surface area (Å²) < 4.78 is 18.6. The van der Waals surface area contributed by atoms with Crippen LogP contribution in [0, 0.1) is 12.7 Å². The molecule has 0 aliphatic rings. The minimum absolute atomic E-state index is 0.0401. The molecule has 0 saturated heterocycles. The van der Waals surface area contributed by atoms with Gasteiger partial charge in [0.25, 0.3) is 11.8 Å². The van der Waals surface area contributed by atoms with Crippen molar-refractivity contribution in [3.8, 4) is 11.3 Å². The van der Waals surface area contributed by atoms with Gasteiger partial charge in [-0.25, -0.2) is 9.37 Å². The average molecular weight is 395 g/mol. The summed E-state index contributed by atoms with van der Waals surface area (Å²) >= 11 is 0. The number of amides is 2. The quantitative estimate of drug-likeness (QED) is 0.595. The molecule has 3 rings (SSSR count). The van der Waals surface area contributed by atoms with Gasteiger partial charge < -0.3 is 15.5 Å². The molecular weight excluding hydrogens is 377 g/mol. The number of hydrogen-bond acceptors (Lipinski definition) is 5. The van der Waals surface area contributed by atoms with Crippen molar-refractivity contribution in [3.05, 3.63) is 77.6 Å². The summed E-state index contributed by atoms with van der Waals surface area (Å²) in [4.78, 5) is 40.7. The van der Waals surface area contributed by atoms with Crippen LogP contribution >= 0.6 is 0 Å². The third kappa shape index (κ3) is 4.73. The molecule has 1 aromatic heterocycles. The summed E-state index contributed by atoms with van der Waals surface area (Å²) in [5.41, 5.74) is 6.63. The van der Waals surface area contributed by atoms with Crippen LogP contribution in [0.5, 0.6) is 0 Å². The molecule has 1 unspecified atom stereocenters. The molecule has 3 aromatic rings. The molecule has 3 N–H and O–H groups in total. The topological polar surface area (TPSA) is 115 Å². The van der Waals surface area contributed by atoms with Gasteiger partial charge in [-0.05, 0) is 17.7 Å². The van der Waals surface area contributed by atoms with Crippen molar-refractivity contribution < 1.29 is 23.2 Å². The Morgan fingerprint density at radius 2 is 1.76 bits per heavy atom. The van der Waals surface area contributed by atoms with Crippen molar-refractivity contribution in [2.75, 3.05) is 0 Å². The first-order valence-corrected chi connectivity index (χ1v) is 8.77. The zero-order chi connectivity index (χ0) is 21.0. The number of oxazole rings is 1. The summed E-state index contributed by atoms with van der Waals surface area (Å²) in [6, 6.07) is 13.0. The lowest BCUT2D eigenvalue weighted by Crippen LogP contribution is -2.47. The average Bonchev–Trinajstić information content (AvgIpc) is 3.11. The molecule has 0 saturated carbocycles. The lowest BCUT2D eigenvalue weighted by atomic mass is 10.0. The zero-order valence-corrected chi connectivity index (χ0v) is 15.5. The third-order valence-electron chi connectivity index (χ3n) is 4.21. The van der Waals surface area contributed by atoms with Crippen LogP contribution in [0.1, 0.15) is 22.0 Å². The van der Waals surface area contributed by atoms with E-state index >= 15 is 0 Å². The van der Waals surface area contributed by atoms with Crippen molar-refractivity contribution in [1.82, 2.24) is 10.3 Å². The highest BCUT2D eigenvalue weighted by Crippen LogP contribution is 2.24. The number of nitrogens with two attached hydrogens (primary N) is 1. The fourth-order valence-electron chi connectivity index (χ4n) is 2.83. The Morgan fingerprint density at radius 1 is 1.10 bits per heavy atom. The SMILES string of the molecule is Cc1nc(-c2ccccc2)c(C(=O)NC(Cc2ccc(F)cc2)C(=O)C(N)=O)o1. The highest BCUT2D eigenvalue weighted by molar-refractivity contribution is 6.38. The van der Waals surface area contributed by atoms with E-state index in [0.29, 0.717) is 16.8 Å². The van der Waals surface area contributed by atoms with E-state index < -0.39 is 29.5 Å². The van der Waals surface area contributed by atoms with Crippen LogP contribution in [-0.2, 0) is 16.0 Å². The van der Waals surface area contributed by atoms with Crippen LogP contribution < -0.4 is 11.1 Å². The number of aryl methyl sites for hydroxylation is 1. The van der Waals surface area contributed by atoms with Gasteiger partial charge >= 0.3 is 0 Å². The molecule has 0 bridgehead atoms. The van der Waals surface area contributed by atoms with Crippen LogP contribution in [0.15, 0.2) is 59.0 Å². The van der Waals surface area contributed by atoms with Gasteiger partial charge in [0, 0.05) is 18.9 Å². The van der Waals surface area contributed by atoms with Crippen molar-refractivity contribution in [3.63, 3.8) is 0 Å². The van der Waals surface area contributed by atoms with Crippen LogP contribution in [-0.4, -0.2) is 28.6 Å².